The Kier molecular flexibility index (Phi) is 5.67. The molecule has 1 aromatic carbocycles. The van der Waals surface area contributed by atoms with Crippen molar-refractivity contribution in [2.45, 2.75) is 19.6 Å². The molecule has 0 fully saturated rings. The smallest absolute Gasteiger partial charge is 0.319 e. The predicted octanol–water partition coefficient (Wildman–Crippen LogP) is 0.662. The van der Waals surface area contributed by atoms with Gasteiger partial charge in [-0.3, -0.25) is 9.59 Å². The van der Waals surface area contributed by atoms with Gasteiger partial charge < -0.3 is 31.0 Å². The zero-order valence-electron chi connectivity index (χ0n) is 14.5. The number of rotatable bonds is 6. The molecule has 0 bridgehead atoms. The van der Waals surface area contributed by atoms with Crippen LogP contribution in [0.25, 0.3) is 0 Å². The van der Waals surface area contributed by atoms with Crippen molar-refractivity contribution in [2.75, 3.05) is 23.8 Å². The Balaban J connectivity index is 1.60. The number of aromatic nitrogens is 2. The summed E-state index contributed by atoms with van der Waals surface area (Å²) in [5.41, 5.74) is 6.49. The summed E-state index contributed by atoms with van der Waals surface area (Å²) in [5.74, 6) is -0.0678. The third-order valence-electron chi connectivity index (χ3n) is 3.90. The van der Waals surface area contributed by atoms with Crippen molar-refractivity contribution in [2.24, 2.45) is 5.73 Å². The Bertz CT molecular complexity index is 863. The summed E-state index contributed by atoms with van der Waals surface area (Å²) < 4.78 is 7.14. The van der Waals surface area contributed by atoms with E-state index in [1.165, 1.54) is 6.20 Å². The van der Waals surface area contributed by atoms with Crippen molar-refractivity contribution in [3.05, 3.63) is 42.0 Å². The number of primary amides is 1. The molecule has 4 amide bonds. The highest BCUT2D eigenvalue weighted by Gasteiger charge is 2.19. The van der Waals surface area contributed by atoms with E-state index in [-0.39, 0.29) is 18.9 Å². The van der Waals surface area contributed by atoms with E-state index in [1.54, 1.807) is 24.3 Å². The summed E-state index contributed by atoms with van der Waals surface area (Å²) >= 11 is 0. The van der Waals surface area contributed by atoms with Crippen LogP contribution in [0.4, 0.5) is 16.2 Å². The van der Waals surface area contributed by atoms with Gasteiger partial charge in [-0.2, -0.15) is 0 Å². The van der Waals surface area contributed by atoms with Crippen molar-refractivity contribution >= 4 is 29.2 Å². The molecule has 3 rings (SSSR count). The maximum absolute atomic E-state index is 12.5. The molecule has 1 aromatic heterocycles. The minimum absolute atomic E-state index is 0.0597. The topological polar surface area (TPSA) is 140 Å². The van der Waals surface area contributed by atoms with Gasteiger partial charge in [0.25, 0.3) is 5.91 Å². The Morgan fingerprint density at radius 2 is 2.00 bits per heavy atom. The van der Waals surface area contributed by atoms with E-state index >= 15 is 0 Å². The molecule has 27 heavy (non-hydrogen) atoms. The van der Waals surface area contributed by atoms with Crippen molar-refractivity contribution in [3.8, 4) is 0 Å². The van der Waals surface area contributed by atoms with Crippen molar-refractivity contribution in [3.63, 3.8) is 0 Å². The summed E-state index contributed by atoms with van der Waals surface area (Å²) in [7, 11) is 0. The molecule has 2 aromatic rings. The average molecular weight is 372 g/mol. The van der Waals surface area contributed by atoms with Gasteiger partial charge in [0.15, 0.2) is 0 Å². The number of carbonyl (C=O) groups is 3. The van der Waals surface area contributed by atoms with Gasteiger partial charge in [-0.25, -0.2) is 9.78 Å². The second-order valence-corrected chi connectivity index (χ2v) is 5.90. The summed E-state index contributed by atoms with van der Waals surface area (Å²) in [6.07, 6.45) is 1.58. The zero-order valence-corrected chi connectivity index (χ0v) is 14.5. The SMILES string of the molecule is NC(=O)CCNC(=O)Nc1cccc(NC(=O)c2cnc3n2CCOC3)c1. The van der Waals surface area contributed by atoms with Gasteiger partial charge in [0.2, 0.25) is 5.91 Å². The molecule has 10 heteroatoms. The van der Waals surface area contributed by atoms with Crippen LogP contribution in [0.3, 0.4) is 0 Å². The van der Waals surface area contributed by atoms with E-state index in [2.05, 4.69) is 20.9 Å². The standard InChI is InChI=1S/C17H20N6O4/c18-14(24)4-5-19-17(26)22-12-3-1-2-11(8-12)21-16(25)13-9-20-15-10-27-7-6-23(13)15/h1-3,8-9H,4-7,10H2,(H2,18,24)(H,21,25)(H2,19,22,26). The van der Waals surface area contributed by atoms with E-state index < -0.39 is 11.9 Å². The minimum atomic E-state index is -0.492. The lowest BCUT2D eigenvalue weighted by molar-refractivity contribution is -0.117. The van der Waals surface area contributed by atoms with Crippen LogP contribution in [0, 0.1) is 0 Å². The highest BCUT2D eigenvalue weighted by Crippen LogP contribution is 2.17. The van der Waals surface area contributed by atoms with E-state index in [0.717, 1.165) is 5.82 Å². The van der Waals surface area contributed by atoms with Gasteiger partial charge in [0.05, 0.1) is 12.8 Å². The van der Waals surface area contributed by atoms with Gasteiger partial charge in [-0.15, -0.1) is 0 Å². The van der Waals surface area contributed by atoms with Gasteiger partial charge >= 0.3 is 6.03 Å². The number of carbonyl (C=O) groups excluding carboxylic acids is 3. The highest BCUT2D eigenvalue weighted by molar-refractivity contribution is 6.03. The number of nitrogens with two attached hydrogens (primary N) is 1. The van der Waals surface area contributed by atoms with Crippen LogP contribution in [0.1, 0.15) is 22.7 Å². The molecule has 0 unspecified atom stereocenters. The van der Waals surface area contributed by atoms with Gasteiger partial charge in [-0.1, -0.05) is 6.07 Å². The third-order valence-corrected chi connectivity index (χ3v) is 3.90. The number of hydrogen-bond acceptors (Lipinski definition) is 5. The number of ether oxygens (including phenoxy) is 1. The fraction of sp³-hybridized carbons (Fsp3) is 0.294. The van der Waals surface area contributed by atoms with Crippen molar-refractivity contribution < 1.29 is 19.1 Å². The zero-order chi connectivity index (χ0) is 19.2. The molecule has 2 heterocycles. The number of amides is 4. The van der Waals surface area contributed by atoms with Crippen molar-refractivity contribution in [1.82, 2.24) is 14.9 Å². The first kappa shape index (κ1) is 18.4. The first-order valence-corrected chi connectivity index (χ1v) is 8.39. The molecule has 0 radical (unpaired) electrons. The molecule has 0 saturated heterocycles. The molecule has 0 saturated carbocycles. The number of nitrogens with one attached hydrogen (secondary N) is 3. The predicted molar refractivity (Wildman–Crippen MR) is 97.1 cm³/mol. The molecule has 5 N–H and O–H groups in total. The largest absolute Gasteiger partial charge is 0.372 e. The number of urea groups is 1. The van der Waals surface area contributed by atoms with Gasteiger partial charge in [0, 0.05) is 30.9 Å². The monoisotopic (exact) mass is 372 g/mol. The molecule has 10 nitrogen and oxygen atoms in total. The van der Waals surface area contributed by atoms with Crippen LogP contribution in [-0.4, -0.2) is 40.5 Å². The maximum atomic E-state index is 12.5. The number of nitrogens with zero attached hydrogens (tertiary/aromatic N) is 2. The lowest BCUT2D eigenvalue weighted by Crippen LogP contribution is -2.31. The number of anilines is 2. The summed E-state index contributed by atoms with van der Waals surface area (Å²) in [4.78, 5) is 39.2. The van der Waals surface area contributed by atoms with Crippen LogP contribution in [0.5, 0.6) is 0 Å². The highest BCUT2D eigenvalue weighted by atomic mass is 16.5. The summed E-state index contributed by atoms with van der Waals surface area (Å²) in [5, 5.41) is 7.94. The maximum Gasteiger partial charge on any atom is 0.319 e. The van der Waals surface area contributed by atoms with Gasteiger partial charge in [-0.05, 0) is 18.2 Å². The molecule has 0 spiro atoms. The molecular weight excluding hydrogens is 352 g/mol. The average Bonchev–Trinajstić information content (AvgIpc) is 3.06. The molecule has 1 aliphatic heterocycles. The second-order valence-electron chi connectivity index (χ2n) is 5.90. The molecule has 0 atom stereocenters. The Hall–Kier alpha value is -3.40. The molecule has 142 valence electrons. The van der Waals surface area contributed by atoms with Crippen molar-refractivity contribution in [1.29, 1.82) is 0 Å². The van der Waals surface area contributed by atoms with Crippen LogP contribution >= 0.6 is 0 Å². The van der Waals surface area contributed by atoms with Gasteiger partial charge in [0.1, 0.15) is 18.1 Å². The van der Waals surface area contributed by atoms with E-state index in [0.29, 0.717) is 36.8 Å². The normalized spacial score (nSPS) is 12.7. The third kappa shape index (κ3) is 4.82. The van der Waals surface area contributed by atoms with Crippen LogP contribution in [0.15, 0.2) is 30.5 Å². The number of benzene rings is 1. The molecular formula is C17H20N6O4. The quantitative estimate of drug-likeness (QED) is 0.590. The lowest BCUT2D eigenvalue weighted by atomic mass is 10.2. The number of fused-ring (bicyclic) bond motifs is 1. The number of hydrogen-bond donors (Lipinski definition) is 4. The first-order chi connectivity index (χ1) is 13.0. The fourth-order valence-electron chi connectivity index (χ4n) is 2.62. The summed E-state index contributed by atoms with van der Waals surface area (Å²) in [6.45, 7) is 1.64. The molecule has 0 aliphatic carbocycles. The van der Waals surface area contributed by atoms with Crippen LogP contribution in [0.2, 0.25) is 0 Å². The Morgan fingerprint density at radius 3 is 2.78 bits per heavy atom. The summed E-state index contributed by atoms with van der Waals surface area (Å²) in [6, 6.07) is 6.26. The Morgan fingerprint density at radius 1 is 1.22 bits per heavy atom. The fourth-order valence-corrected chi connectivity index (χ4v) is 2.62. The minimum Gasteiger partial charge on any atom is -0.372 e. The first-order valence-electron chi connectivity index (χ1n) is 8.39. The van der Waals surface area contributed by atoms with E-state index in [1.807, 2.05) is 4.57 Å². The molecule has 1 aliphatic rings. The Labute approximate surface area is 155 Å². The van der Waals surface area contributed by atoms with E-state index in [4.69, 9.17) is 10.5 Å². The number of imidazole rings is 1. The van der Waals surface area contributed by atoms with Crippen LogP contribution < -0.4 is 21.7 Å². The van der Waals surface area contributed by atoms with Crippen LogP contribution in [-0.2, 0) is 22.7 Å². The van der Waals surface area contributed by atoms with E-state index in [9.17, 15) is 14.4 Å². The lowest BCUT2D eigenvalue weighted by Gasteiger charge is -2.16. The second kappa shape index (κ2) is 8.32.